The summed E-state index contributed by atoms with van der Waals surface area (Å²) in [4.78, 5) is 17.2. The Kier molecular flexibility index (Phi) is 7.27. The van der Waals surface area contributed by atoms with E-state index in [9.17, 15) is 13.2 Å². The largest absolute Gasteiger partial charge is 0.337 e. The summed E-state index contributed by atoms with van der Waals surface area (Å²) in [5, 5.41) is 0. The summed E-state index contributed by atoms with van der Waals surface area (Å²) in [7, 11) is -3.74. The highest BCUT2D eigenvalue weighted by molar-refractivity contribution is 7.89. The molecule has 0 atom stereocenters. The third-order valence-electron chi connectivity index (χ3n) is 5.29. The number of carbonyl (C=O) groups is 1. The van der Waals surface area contributed by atoms with E-state index in [2.05, 4.69) is 40.7 Å². The SMILES string of the molecule is C#CCNS(=O)(=O)c1cccc(C(=O)N2CCCN(Cc3ccccc3C)CC2)c1. The van der Waals surface area contributed by atoms with E-state index in [1.807, 2.05) is 6.07 Å². The minimum Gasteiger partial charge on any atom is -0.337 e. The van der Waals surface area contributed by atoms with Crippen molar-refractivity contribution >= 4 is 15.9 Å². The number of hydrogen-bond donors (Lipinski definition) is 1. The van der Waals surface area contributed by atoms with Crippen LogP contribution in [0.5, 0.6) is 0 Å². The Morgan fingerprint density at radius 1 is 1.10 bits per heavy atom. The molecule has 0 spiro atoms. The maximum atomic E-state index is 13.0. The van der Waals surface area contributed by atoms with Gasteiger partial charge >= 0.3 is 0 Å². The second-order valence-electron chi connectivity index (χ2n) is 7.40. The molecule has 1 aliphatic rings. The van der Waals surface area contributed by atoms with E-state index >= 15 is 0 Å². The second-order valence-corrected chi connectivity index (χ2v) is 9.17. The van der Waals surface area contributed by atoms with E-state index in [0.29, 0.717) is 18.7 Å². The lowest BCUT2D eigenvalue weighted by Gasteiger charge is -2.23. The van der Waals surface area contributed by atoms with Crippen molar-refractivity contribution in [1.29, 1.82) is 0 Å². The summed E-state index contributed by atoms with van der Waals surface area (Å²) in [6.07, 6.45) is 6.00. The molecule has 2 aromatic rings. The smallest absolute Gasteiger partial charge is 0.253 e. The zero-order chi connectivity index (χ0) is 21.6. The van der Waals surface area contributed by atoms with Crippen molar-refractivity contribution in [2.24, 2.45) is 0 Å². The number of rotatable bonds is 6. The van der Waals surface area contributed by atoms with Gasteiger partial charge < -0.3 is 4.90 Å². The summed E-state index contributed by atoms with van der Waals surface area (Å²) in [6.45, 7) is 5.84. The fourth-order valence-corrected chi connectivity index (χ4v) is 4.54. The van der Waals surface area contributed by atoms with E-state index in [1.54, 1.807) is 17.0 Å². The molecule has 0 radical (unpaired) electrons. The predicted octanol–water partition coefficient (Wildman–Crippen LogP) is 2.25. The lowest BCUT2D eigenvalue weighted by Crippen LogP contribution is -2.35. The molecule has 6 nitrogen and oxygen atoms in total. The fourth-order valence-electron chi connectivity index (χ4n) is 3.56. The van der Waals surface area contributed by atoms with Crippen LogP contribution in [0.15, 0.2) is 53.4 Å². The van der Waals surface area contributed by atoms with Gasteiger partial charge in [0.25, 0.3) is 5.91 Å². The fraction of sp³-hybridized carbons (Fsp3) is 0.348. The number of amides is 1. The highest BCUT2D eigenvalue weighted by atomic mass is 32.2. The van der Waals surface area contributed by atoms with E-state index in [0.717, 1.165) is 26.1 Å². The molecule has 3 rings (SSSR count). The normalized spacial score (nSPS) is 15.4. The highest BCUT2D eigenvalue weighted by Gasteiger charge is 2.22. The maximum absolute atomic E-state index is 13.0. The van der Waals surface area contributed by atoms with E-state index < -0.39 is 10.0 Å². The van der Waals surface area contributed by atoms with Crippen LogP contribution in [0.1, 0.15) is 27.9 Å². The third kappa shape index (κ3) is 5.48. The van der Waals surface area contributed by atoms with Crippen molar-refractivity contribution in [3.05, 3.63) is 65.2 Å². The first-order valence-corrected chi connectivity index (χ1v) is 11.5. The van der Waals surface area contributed by atoms with E-state index in [-0.39, 0.29) is 17.3 Å². The first kappa shape index (κ1) is 22.0. The molecule has 0 saturated carbocycles. The van der Waals surface area contributed by atoms with Crippen LogP contribution in [0.25, 0.3) is 0 Å². The van der Waals surface area contributed by atoms with Gasteiger partial charge in [-0.25, -0.2) is 8.42 Å². The minimum absolute atomic E-state index is 0.0413. The Hall–Kier alpha value is -2.66. The van der Waals surface area contributed by atoms with Crippen LogP contribution in [0.3, 0.4) is 0 Å². The monoisotopic (exact) mass is 425 g/mol. The van der Waals surface area contributed by atoms with E-state index in [4.69, 9.17) is 6.42 Å². The van der Waals surface area contributed by atoms with Gasteiger partial charge in [0, 0.05) is 38.3 Å². The zero-order valence-electron chi connectivity index (χ0n) is 17.2. The number of benzene rings is 2. The molecule has 7 heteroatoms. The molecule has 0 aromatic heterocycles. The highest BCUT2D eigenvalue weighted by Crippen LogP contribution is 2.16. The number of carbonyl (C=O) groups excluding carboxylic acids is 1. The standard InChI is InChI=1S/C23H27N3O3S/c1-3-12-24-30(28,29)22-11-6-10-20(17-22)23(27)26-14-7-13-25(15-16-26)18-21-9-5-4-8-19(21)2/h1,4-6,8-11,17,24H,7,12-16,18H2,2H3. The molecule has 1 amide bonds. The molecule has 1 saturated heterocycles. The number of nitrogens with zero attached hydrogens (tertiary/aromatic N) is 2. The average Bonchev–Trinajstić information content (AvgIpc) is 2.99. The Bertz CT molecular complexity index is 1040. The molecule has 1 heterocycles. The van der Waals surface area contributed by atoms with Crippen LogP contribution in [-0.4, -0.2) is 56.8 Å². The van der Waals surface area contributed by atoms with Crippen LogP contribution in [0, 0.1) is 19.3 Å². The molecule has 0 bridgehead atoms. The zero-order valence-corrected chi connectivity index (χ0v) is 18.0. The number of terminal acetylenes is 1. The lowest BCUT2D eigenvalue weighted by atomic mass is 10.1. The molecular weight excluding hydrogens is 398 g/mol. The van der Waals surface area contributed by atoms with Crippen LogP contribution in [0.4, 0.5) is 0 Å². The first-order chi connectivity index (χ1) is 14.4. The molecule has 0 aliphatic carbocycles. The van der Waals surface area contributed by atoms with E-state index in [1.165, 1.54) is 23.3 Å². The number of sulfonamides is 1. The van der Waals surface area contributed by atoms with Gasteiger partial charge in [-0.05, 0) is 42.7 Å². The van der Waals surface area contributed by atoms with Gasteiger partial charge in [-0.1, -0.05) is 36.3 Å². The molecule has 158 valence electrons. The average molecular weight is 426 g/mol. The van der Waals surface area contributed by atoms with Gasteiger partial charge in [-0.3, -0.25) is 9.69 Å². The lowest BCUT2D eigenvalue weighted by molar-refractivity contribution is 0.0761. The van der Waals surface area contributed by atoms with Gasteiger partial charge in [-0.2, -0.15) is 4.72 Å². The quantitative estimate of drug-likeness (QED) is 0.721. The topological polar surface area (TPSA) is 69.7 Å². The molecule has 1 fully saturated rings. The van der Waals surface area contributed by atoms with Crippen molar-refractivity contribution in [3.63, 3.8) is 0 Å². The Morgan fingerprint density at radius 2 is 1.90 bits per heavy atom. The second kappa shape index (κ2) is 9.90. The third-order valence-corrected chi connectivity index (χ3v) is 6.69. The Morgan fingerprint density at radius 3 is 2.67 bits per heavy atom. The van der Waals surface area contributed by atoms with Crippen LogP contribution < -0.4 is 4.72 Å². The minimum atomic E-state index is -3.74. The Balaban J connectivity index is 1.67. The number of aryl methyl sites for hydroxylation is 1. The maximum Gasteiger partial charge on any atom is 0.253 e. The van der Waals surface area contributed by atoms with Crippen molar-refractivity contribution < 1.29 is 13.2 Å². The summed E-state index contributed by atoms with van der Waals surface area (Å²) in [6, 6.07) is 14.5. The van der Waals surface area contributed by atoms with Gasteiger partial charge in [0.2, 0.25) is 10.0 Å². The molecule has 0 unspecified atom stereocenters. The van der Waals surface area contributed by atoms with Crippen LogP contribution in [0.2, 0.25) is 0 Å². The van der Waals surface area contributed by atoms with Crippen molar-refractivity contribution in [1.82, 2.24) is 14.5 Å². The number of nitrogens with one attached hydrogen (secondary N) is 1. The van der Waals surface area contributed by atoms with Gasteiger partial charge in [0.15, 0.2) is 0 Å². The van der Waals surface area contributed by atoms with Crippen LogP contribution >= 0.6 is 0 Å². The Labute approximate surface area is 178 Å². The first-order valence-electron chi connectivity index (χ1n) is 10.00. The predicted molar refractivity (Wildman–Crippen MR) is 117 cm³/mol. The summed E-state index contributed by atoms with van der Waals surface area (Å²) in [5.41, 5.74) is 2.94. The summed E-state index contributed by atoms with van der Waals surface area (Å²) < 4.78 is 26.9. The van der Waals surface area contributed by atoms with Gasteiger partial charge in [0.1, 0.15) is 0 Å². The summed E-state index contributed by atoms with van der Waals surface area (Å²) in [5.74, 6) is 2.09. The molecular formula is C23H27N3O3S. The molecule has 1 aliphatic heterocycles. The molecule has 2 aromatic carbocycles. The molecule has 1 N–H and O–H groups in total. The van der Waals surface area contributed by atoms with Crippen molar-refractivity contribution in [2.75, 3.05) is 32.7 Å². The van der Waals surface area contributed by atoms with Gasteiger partial charge in [0.05, 0.1) is 11.4 Å². The number of hydrogen-bond acceptors (Lipinski definition) is 4. The molecule has 30 heavy (non-hydrogen) atoms. The van der Waals surface area contributed by atoms with Crippen molar-refractivity contribution in [3.8, 4) is 12.3 Å². The van der Waals surface area contributed by atoms with Gasteiger partial charge in [-0.15, -0.1) is 6.42 Å². The summed E-state index contributed by atoms with van der Waals surface area (Å²) >= 11 is 0. The van der Waals surface area contributed by atoms with Crippen LogP contribution in [-0.2, 0) is 16.6 Å². The van der Waals surface area contributed by atoms with Crippen molar-refractivity contribution in [2.45, 2.75) is 24.8 Å².